The number of nitrogens with zero attached hydrogens (tertiary/aromatic N) is 2. The summed E-state index contributed by atoms with van der Waals surface area (Å²) in [7, 11) is 1.94. The van der Waals surface area contributed by atoms with Gasteiger partial charge < -0.3 is 10.0 Å². The fourth-order valence-corrected chi connectivity index (χ4v) is 1.77. The number of hydrogen-bond donors (Lipinski definition) is 1. The largest absolute Gasteiger partial charge is 0.481 e. The number of carboxylic acid groups (broad SMARTS) is 1. The van der Waals surface area contributed by atoms with Crippen molar-refractivity contribution in [1.29, 1.82) is 0 Å². The van der Waals surface area contributed by atoms with Crippen LogP contribution in [-0.4, -0.2) is 34.6 Å². The molecule has 0 saturated heterocycles. The molecule has 1 atom stereocenters. The van der Waals surface area contributed by atoms with Crippen LogP contribution in [0.1, 0.15) is 19.4 Å². The van der Waals surface area contributed by atoms with Crippen molar-refractivity contribution in [1.82, 2.24) is 9.88 Å². The summed E-state index contributed by atoms with van der Waals surface area (Å²) in [6.07, 6.45) is 3.50. The number of hydrogen-bond acceptors (Lipinski definition) is 3. The average molecular weight is 236 g/mol. The van der Waals surface area contributed by atoms with Gasteiger partial charge in [0.1, 0.15) is 0 Å². The Morgan fingerprint density at radius 3 is 2.47 bits per heavy atom. The molecule has 0 fully saturated rings. The molecule has 1 unspecified atom stereocenters. The summed E-state index contributed by atoms with van der Waals surface area (Å²) < 4.78 is 0. The second kappa shape index (κ2) is 6.35. The van der Waals surface area contributed by atoms with E-state index in [1.807, 2.05) is 37.9 Å². The van der Waals surface area contributed by atoms with E-state index in [0.717, 1.165) is 12.1 Å². The summed E-state index contributed by atoms with van der Waals surface area (Å²) in [5.74, 6) is -0.893. The lowest BCUT2D eigenvalue weighted by Gasteiger charge is -2.23. The minimum absolute atomic E-state index is 0.146. The molecule has 1 heterocycles. The standard InChI is InChI=1S/C13H20N2O2/c1-10(2)12(13(16)17)9-15(3)8-11-4-6-14-7-5-11/h4-7,10,12H,8-9H2,1-3H3,(H,16,17). The van der Waals surface area contributed by atoms with Crippen LogP contribution in [-0.2, 0) is 11.3 Å². The molecule has 4 heteroatoms. The van der Waals surface area contributed by atoms with Crippen LogP contribution in [0.25, 0.3) is 0 Å². The quantitative estimate of drug-likeness (QED) is 0.819. The van der Waals surface area contributed by atoms with Gasteiger partial charge in [0.2, 0.25) is 0 Å². The molecule has 1 N–H and O–H groups in total. The Balaban J connectivity index is 2.54. The topological polar surface area (TPSA) is 53.4 Å². The van der Waals surface area contributed by atoms with Gasteiger partial charge in [-0.2, -0.15) is 0 Å². The predicted molar refractivity (Wildman–Crippen MR) is 66.5 cm³/mol. The molecule has 0 saturated carbocycles. The minimum atomic E-state index is -0.721. The Kier molecular flexibility index (Phi) is 5.10. The highest BCUT2D eigenvalue weighted by Crippen LogP contribution is 2.13. The zero-order valence-electron chi connectivity index (χ0n) is 10.6. The van der Waals surface area contributed by atoms with E-state index in [2.05, 4.69) is 4.98 Å². The predicted octanol–water partition coefficient (Wildman–Crippen LogP) is 1.87. The first-order valence-electron chi connectivity index (χ1n) is 5.81. The number of pyridine rings is 1. The Labute approximate surface area is 102 Å². The van der Waals surface area contributed by atoms with Gasteiger partial charge in [0.25, 0.3) is 0 Å². The number of carbonyl (C=O) groups is 1. The Hall–Kier alpha value is -1.42. The Morgan fingerprint density at radius 2 is 2.00 bits per heavy atom. The van der Waals surface area contributed by atoms with Crippen molar-refractivity contribution in [2.45, 2.75) is 20.4 Å². The van der Waals surface area contributed by atoms with Gasteiger partial charge in [-0.05, 0) is 30.7 Å². The zero-order valence-corrected chi connectivity index (χ0v) is 10.6. The minimum Gasteiger partial charge on any atom is -0.481 e. The lowest BCUT2D eigenvalue weighted by atomic mass is 9.95. The van der Waals surface area contributed by atoms with Crippen molar-refractivity contribution in [3.05, 3.63) is 30.1 Å². The molecule has 0 aliphatic heterocycles. The second-order valence-corrected chi connectivity index (χ2v) is 4.74. The lowest BCUT2D eigenvalue weighted by molar-refractivity contribution is -0.144. The third-order valence-corrected chi connectivity index (χ3v) is 2.83. The monoisotopic (exact) mass is 236 g/mol. The maximum atomic E-state index is 11.1. The molecule has 0 aliphatic carbocycles. The molecule has 0 aliphatic rings. The summed E-state index contributed by atoms with van der Waals surface area (Å²) in [4.78, 5) is 17.1. The fraction of sp³-hybridized carbons (Fsp3) is 0.538. The van der Waals surface area contributed by atoms with Crippen molar-refractivity contribution < 1.29 is 9.90 Å². The molecule has 17 heavy (non-hydrogen) atoms. The molecular formula is C13H20N2O2. The molecular weight excluding hydrogens is 216 g/mol. The molecule has 0 bridgehead atoms. The molecule has 1 aromatic heterocycles. The number of carboxylic acids is 1. The summed E-state index contributed by atoms with van der Waals surface area (Å²) in [5, 5.41) is 9.12. The summed E-state index contributed by atoms with van der Waals surface area (Å²) >= 11 is 0. The third kappa shape index (κ3) is 4.53. The SMILES string of the molecule is CC(C)C(CN(C)Cc1ccncc1)C(=O)O. The Morgan fingerprint density at radius 1 is 1.41 bits per heavy atom. The van der Waals surface area contributed by atoms with Crippen molar-refractivity contribution >= 4 is 5.97 Å². The van der Waals surface area contributed by atoms with E-state index in [1.165, 1.54) is 0 Å². The molecule has 94 valence electrons. The van der Waals surface area contributed by atoms with Crippen LogP contribution < -0.4 is 0 Å². The summed E-state index contributed by atoms with van der Waals surface area (Å²) in [6.45, 7) is 5.20. The normalized spacial score (nSPS) is 13.0. The van der Waals surface area contributed by atoms with Crippen molar-refractivity contribution in [3.8, 4) is 0 Å². The van der Waals surface area contributed by atoms with Gasteiger partial charge in [-0.3, -0.25) is 9.78 Å². The van der Waals surface area contributed by atoms with Gasteiger partial charge in [0.15, 0.2) is 0 Å². The fourth-order valence-electron chi connectivity index (χ4n) is 1.77. The lowest BCUT2D eigenvalue weighted by Crippen LogP contribution is -2.33. The van der Waals surface area contributed by atoms with Gasteiger partial charge in [-0.1, -0.05) is 13.8 Å². The second-order valence-electron chi connectivity index (χ2n) is 4.74. The van der Waals surface area contributed by atoms with Crippen LogP contribution in [0.3, 0.4) is 0 Å². The highest BCUT2D eigenvalue weighted by Gasteiger charge is 2.22. The highest BCUT2D eigenvalue weighted by atomic mass is 16.4. The molecule has 4 nitrogen and oxygen atoms in total. The maximum Gasteiger partial charge on any atom is 0.308 e. The van der Waals surface area contributed by atoms with Gasteiger partial charge in [0.05, 0.1) is 5.92 Å². The van der Waals surface area contributed by atoms with Crippen molar-refractivity contribution in [2.75, 3.05) is 13.6 Å². The summed E-state index contributed by atoms with van der Waals surface area (Å²) in [6, 6.07) is 3.89. The van der Waals surface area contributed by atoms with E-state index < -0.39 is 5.97 Å². The van der Waals surface area contributed by atoms with E-state index in [-0.39, 0.29) is 11.8 Å². The molecule has 1 rings (SSSR count). The van der Waals surface area contributed by atoms with Crippen LogP contribution in [0.4, 0.5) is 0 Å². The van der Waals surface area contributed by atoms with E-state index in [0.29, 0.717) is 6.54 Å². The molecule has 1 aromatic rings. The average Bonchev–Trinajstić information content (AvgIpc) is 2.26. The number of aliphatic carboxylic acids is 1. The van der Waals surface area contributed by atoms with Crippen LogP contribution >= 0.6 is 0 Å². The van der Waals surface area contributed by atoms with Crippen LogP contribution in [0.2, 0.25) is 0 Å². The molecule has 0 radical (unpaired) electrons. The van der Waals surface area contributed by atoms with Crippen LogP contribution in [0, 0.1) is 11.8 Å². The van der Waals surface area contributed by atoms with Gasteiger partial charge in [0, 0.05) is 25.5 Å². The summed E-state index contributed by atoms with van der Waals surface area (Å²) in [5.41, 5.74) is 1.15. The van der Waals surface area contributed by atoms with E-state index in [9.17, 15) is 4.79 Å². The zero-order chi connectivity index (χ0) is 12.8. The first-order chi connectivity index (χ1) is 8.00. The first-order valence-corrected chi connectivity index (χ1v) is 5.81. The highest BCUT2D eigenvalue weighted by molar-refractivity contribution is 5.70. The van der Waals surface area contributed by atoms with Gasteiger partial charge in [-0.15, -0.1) is 0 Å². The molecule has 0 aromatic carbocycles. The first kappa shape index (κ1) is 13.6. The maximum absolute atomic E-state index is 11.1. The smallest absolute Gasteiger partial charge is 0.308 e. The van der Waals surface area contributed by atoms with E-state index in [4.69, 9.17) is 5.11 Å². The van der Waals surface area contributed by atoms with Gasteiger partial charge >= 0.3 is 5.97 Å². The molecule has 0 amide bonds. The Bertz CT molecular complexity index is 352. The number of rotatable bonds is 6. The van der Waals surface area contributed by atoms with Crippen LogP contribution in [0.15, 0.2) is 24.5 Å². The number of aromatic nitrogens is 1. The van der Waals surface area contributed by atoms with Crippen molar-refractivity contribution in [3.63, 3.8) is 0 Å². The third-order valence-electron chi connectivity index (χ3n) is 2.83. The van der Waals surface area contributed by atoms with Crippen molar-refractivity contribution in [2.24, 2.45) is 11.8 Å². The van der Waals surface area contributed by atoms with E-state index >= 15 is 0 Å². The molecule has 0 spiro atoms. The van der Waals surface area contributed by atoms with E-state index in [1.54, 1.807) is 12.4 Å². The van der Waals surface area contributed by atoms with Gasteiger partial charge in [-0.25, -0.2) is 0 Å². The van der Waals surface area contributed by atoms with Crippen LogP contribution in [0.5, 0.6) is 0 Å².